The molecule has 2 aromatic carbocycles. The van der Waals surface area contributed by atoms with Crippen LogP contribution < -0.4 is 4.74 Å². The van der Waals surface area contributed by atoms with Gasteiger partial charge in [-0.1, -0.05) is 23.7 Å². The maximum Gasteiger partial charge on any atom is 0.159 e. The molecule has 0 unspecified atom stereocenters. The number of ketones is 1. The number of benzene rings is 2. The summed E-state index contributed by atoms with van der Waals surface area (Å²) in [6.07, 6.45) is 0. The van der Waals surface area contributed by atoms with Gasteiger partial charge in [-0.05, 0) is 56.2 Å². The highest BCUT2D eigenvalue weighted by Gasteiger charge is 2.06. The molecule has 0 aliphatic heterocycles. The summed E-state index contributed by atoms with van der Waals surface area (Å²) < 4.78 is 5.77. The van der Waals surface area contributed by atoms with Gasteiger partial charge in [0.25, 0.3) is 0 Å². The highest BCUT2D eigenvalue weighted by molar-refractivity contribution is 6.32. The van der Waals surface area contributed by atoms with E-state index in [1.807, 2.05) is 38.1 Å². The van der Waals surface area contributed by atoms with Crippen LogP contribution in [0.3, 0.4) is 0 Å². The van der Waals surface area contributed by atoms with Crippen LogP contribution in [0.2, 0.25) is 5.02 Å². The van der Waals surface area contributed by atoms with E-state index in [0.29, 0.717) is 11.3 Å². The molecule has 2 rings (SSSR count). The van der Waals surface area contributed by atoms with Gasteiger partial charge in [-0.15, -0.1) is 0 Å². The zero-order valence-corrected chi connectivity index (χ0v) is 11.9. The summed E-state index contributed by atoms with van der Waals surface area (Å²) in [4.78, 5) is 11.3. The minimum absolute atomic E-state index is 0.0221. The van der Waals surface area contributed by atoms with Gasteiger partial charge in [0.1, 0.15) is 11.5 Å². The van der Waals surface area contributed by atoms with Gasteiger partial charge in [0, 0.05) is 10.6 Å². The monoisotopic (exact) mass is 274 g/mol. The first kappa shape index (κ1) is 13.6. The molecule has 19 heavy (non-hydrogen) atoms. The highest BCUT2D eigenvalue weighted by atomic mass is 35.5. The van der Waals surface area contributed by atoms with Gasteiger partial charge in [-0.2, -0.15) is 0 Å². The Balaban J connectivity index is 2.31. The van der Waals surface area contributed by atoms with Gasteiger partial charge in [-0.3, -0.25) is 4.79 Å². The third-order valence-electron chi connectivity index (χ3n) is 2.89. The van der Waals surface area contributed by atoms with Crippen LogP contribution in [-0.4, -0.2) is 5.78 Å². The first-order valence-electron chi connectivity index (χ1n) is 6.03. The van der Waals surface area contributed by atoms with E-state index in [0.717, 1.165) is 21.9 Å². The van der Waals surface area contributed by atoms with Crippen LogP contribution in [-0.2, 0) is 0 Å². The molecule has 0 aliphatic rings. The fraction of sp³-hybridized carbons (Fsp3) is 0.188. The SMILES string of the molecule is CC(=O)c1cccc(Oc2cc(C)c(Cl)c(C)c2)c1. The molecule has 0 radical (unpaired) electrons. The largest absolute Gasteiger partial charge is 0.457 e. The summed E-state index contributed by atoms with van der Waals surface area (Å²) in [6.45, 7) is 5.41. The number of halogens is 1. The molecule has 2 aromatic rings. The van der Waals surface area contributed by atoms with Crippen molar-refractivity contribution in [2.75, 3.05) is 0 Å². The Morgan fingerprint density at radius 1 is 1.05 bits per heavy atom. The van der Waals surface area contributed by atoms with Crippen LogP contribution >= 0.6 is 11.6 Å². The zero-order chi connectivity index (χ0) is 14.0. The summed E-state index contributed by atoms with van der Waals surface area (Å²) in [7, 11) is 0. The minimum Gasteiger partial charge on any atom is -0.457 e. The van der Waals surface area contributed by atoms with Crippen molar-refractivity contribution in [1.82, 2.24) is 0 Å². The third-order valence-corrected chi connectivity index (χ3v) is 3.48. The van der Waals surface area contributed by atoms with Crippen molar-refractivity contribution in [3.05, 3.63) is 58.1 Å². The molecule has 0 aromatic heterocycles. The second kappa shape index (κ2) is 5.45. The lowest BCUT2D eigenvalue weighted by atomic mass is 10.1. The van der Waals surface area contributed by atoms with Crippen molar-refractivity contribution in [2.45, 2.75) is 20.8 Å². The fourth-order valence-electron chi connectivity index (χ4n) is 1.88. The second-order valence-electron chi connectivity index (χ2n) is 4.56. The molecule has 0 heterocycles. The summed E-state index contributed by atoms with van der Waals surface area (Å²) in [5.74, 6) is 1.39. The molecule has 0 fully saturated rings. The Bertz CT molecular complexity index is 609. The van der Waals surface area contributed by atoms with Crippen LogP contribution in [0.4, 0.5) is 0 Å². The van der Waals surface area contributed by atoms with E-state index >= 15 is 0 Å². The Morgan fingerprint density at radius 3 is 2.26 bits per heavy atom. The molecule has 98 valence electrons. The van der Waals surface area contributed by atoms with E-state index in [4.69, 9.17) is 16.3 Å². The van der Waals surface area contributed by atoms with Crippen LogP contribution in [0.25, 0.3) is 0 Å². The maximum atomic E-state index is 11.3. The average Bonchev–Trinajstić information content (AvgIpc) is 2.36. The second-order valence-corrected chi connectivity index (χ2v) is 4.94. The molecule has 3 heteroatoms. The number of carbonyl (C=O) groups is 1. The van der Waals surface area contributed by atoms with Gasteiger partial charge in [-0.25, -0.2) is 0 Å². The Labute approximate surface area is 118 Å². The summed E-state index contributed by atoms with van der Waals surface area (Å²) in [5, 5.41) is 0.754. The summed E-state index contributed by atoms with van der Waals surface area (Å²) in [5.41, 5.74) is 2.58. The lowest BCUT2D eigenvalue weighted by molar-refractivity contribution is 0.101. The molecule has 0 spiro atoms. The number of Topliss-reactive ketones (excluding diaryl/α,β-unsaturated/α-hetero) is 1. The van der Waals surface area contributed by atoms with Crippen LogP contribution in [0, 0.1) is 13.8 Å². The molecular weight excluding hydrogens is 260 g/mol. The molecular formula is C16H15ClO2. The fourth-order valence-corrected chi connectivity index (χ4v) is 1.99. The Morgan fingerprint density at radius 2 is 1.68 bits per heavy atom. The quantitative estimate of drug-likeness (QED) is 0.740. The predicted molar refractivity (Wildman–Crippen MR) is 77.4 cm³/mol. The van der Waals surface area contributed by atoms with Crippen molar-refractivity contribution in [3.63, 3.8) is 0 Å². The third kappa shape index (κ3) is 3.15. The molecule has 0 saturated heterocycles. The number of hydrogen-bond acceptors (Lipinski definition) is 2. The van der Waals surface area contributed by atoms with Gasteiger partial charge in [0.15, 0.2) is 5.78 Å². The van der Waals surface area contributed by atoms with E-state index in [-0.39, 0.29) is 5.78 Å². The van der Waals surface area contributed by atoms with Crippen molar-refractivity contribution in [1.29, 1.82) is 0 Å². The number of carbonyl (C=O) groups excluding carboxylic acids is 1. The molecule has 0 N–H and O–H groups in total. The Hall–Kier alpha value is -1.80. The first-order valence-corrected chi connectivity index (χ1v) is 6.41. The highest BCUT2D eigenvalue weighted by Crippen LogP contribution is 2.29. The first-order chi connectivity index (χ1) is 8.97. The number of rotatable bonds is 3. The average molecular weight is 275 g/mol. The lowest BCUT2D eigenvalue weighted by Crippen LogP contribution is -1.93. The van der Waals surface area contributed by atoms with Gasteiger partial charge in [0.05, 0.1) is 0 Å². The standard InChI is InChI=1S/C16H15ClO2/c1-10-7-15(8-11(2)16(10)17)19-14-6-4-5-13(9-14)12(3)18/h4-9H,1-3H3. The van der Waals surface area contributed by atoms with E-state index < -0.39 is 0 Å². The summed E-state index contributed by atoms with van der Waals surface area (Å²) >= 11 is 6.12. The predicted octanol–water partition coefficient (Wildman–Crippen LogP) is 4.95. The smallest absolute Gasteiger partial charge is 0.159 e. The van der Waals surface area contributed by atoms with E-state index in [9.17, 15) is 4.79 Å². The Kier molecular flexibility index (Phi) is 3.91. The number of aryl methyl sites for hydroxylation is 2. The van der Waals surface area contributed by atoms with Crippen molar-refractivity contribution >= 4 is 17.4 Å². The topological polar surface area (TPSA) is 26.3 Å². The van der Waals surface area contributed by atoms with Crippen molar-refractivity contribution < 1.29 is 9.53 Å². The molecule has 0 bridgehead atoms. The molecule has 0 aliphatic carbocycles. The van der Waals surface area contributed by atoms with Crippen molar-refractivity contribution in [2.24, 2.45) is 0 Å². The molecule has 2 nitrogen and oxygen atoms in total. The molecule has 0 saturated carbocycles. The molecule has 0 amide bonds. The normalized spacial score (nSPS) is 10.3. The number of ether oxygens (including phenoxy) is 1. The molecule has 0 atom stereocenters. The van der Waals surface area contributed by atoms with Gasteiger partial charge in [0.2, 0.25) is 0 Å². The van der Waals surface area contributed by atoms with E-state index in [1.165, 1.54) is 6.92 Å². The zero-order valence-electron chi connectivity index (χ0n) is 11.2. The van der Waals surface area contributed by atoms with E-state index in [2.05, 4.69) is 0 Å². The van der Waals surface area contributed by atoms with Crippen LogP contribution in [0.15, 0.2) is 36.4 Å². The summed E-state index contributed by atoms with van der Waals surface area (Å²) in [6, 6.07) is 10.9. The van der Waals surface area contributed by atoms with Crippen molar-refractivity contribution in [3.8, 4) is 11.5 Å². The number of hydrogen-bond donors (Lipinski definition) is 0. The van der Waals surface area contributed by atoms with E-state index in [1.54, 1.807) is 12.1 Å². The minimum atomic E-state index is 0.0221. The maximum absolute atomic E-state index is 11.3. The van der Waals surface area contributed by atoms with Crippen LogP contribution in [0.1, 0.15) is 28.4 Å². The van der Waals surface area contributed by atoms with Gasteiger partial charge >= 0.3 is 0 Å². The van der Waals surface area contributed by atoms with Gasteiger partial charge < -0.3 is 4.74 Å². The van der Waals surface area contributed by atoms with Crippen LogP contribution in [0.5, 0.6) is 11.5 Å². The lowest BCUT2D eigenvalue weighted by Gasteiger charge is -2.10.